The van der Waals surface area contributed by atoms with Gasteiger partial charge in [-0.1, -0.05) is 29.5 Å². The number of para-hydroxylation sites is 3. The summed E-state index contributed by atoms with van der Waals surface area (Å²) in [6, 6.07) is 14.1. The third-order valence-electron chi connectivity index (χ3n) is 3.21. The van der Waals surface area contributed by atoms with Gasteiger partial charge in [-0.25, -0.2) is 4.68 Å². The van der Waals surface area contributed by atoms with Gasteiger partial charge in [0.2, 0.25) is 0 Å². The van der Waals surface area contributed by atoms with Crippen molar-refractivity contribution in [1.29, 1.82) is 0 Å². The maximum atomic E-state index is 11.0. The number of nitrogens with zero attached hydrogens (tertiary/aromatic N) is 4. The Hall–Kier alpha value is -2.96. The molecule has 1 unspecified atom stereocenters. The Morgan fingerprint density at radius 2 is 1.90 bits per heavy atom. The monoisotopic (exact) mass is 283 g/mol. The zero-order valence-electron chi connectivity index (χ0n) is 11.3. The van der Waals surface area contributed by atoms with E-state index in [9.17, 15) is 10.1 Å². The molecule has 0 aliphatic heterocycles. The molecule has 0 bridgehead atoms. The summed E-state index contributed by atoms with van der Waals surface area (Å²) < 4.78 is 1.70. The molecule has 1 atom stereocenters. The van der Waals surface area contributed by atoms with E-state index in [4.69, 9.17) is 0 Å². The van der Waals surface area contributed by atoms with E-state index in [1.54, 1.807) is 22.9 Å². The molecule has 3 rings (SSSR count). The summed E-state index contributed by atoms with van der Waals surface area (Å²) >= 11 is 0. The van der Waals surface area contributed by atoms with Crippen LogP contribution >= 0.6 is 0 Å². The van der Waals surface area contributed by atoms with E-state index < -0.39 is 4.92 Å². The molecular weight excluding hydrogens is 270 g/mol. The topological polar surface area (TPSA) is 85.9 Å². The lowest BCUT2D eigenvalue weighted by Crippen LogP contribution is -2.16. The van der Waals surface area contributed by atoms with Crippen LogP contribution < -0.4 is 5.32 Å². The van der Waals surface area contributed by atoms with Crippen LogP contribution in [0.25, 0.3) is 11.0 Å². The second-order valence-electron chi connectivity index (χ2n) is 4.62. The van der Waals surface area contributed by atoms with E-state index in [0.717, 1.165) is 11.0 Å². The van der Waals surface area contributed by atoms with Crippen molar-refractivity contribution in [1.82, 2.24) is 15.0 Å². The summed E-state index contributed by atoms with van der Waals surface area (Å²) in [5.74, 6) is 0. The summed E-state index contributed by atoms with van der Waals surface area (Å²) in [4.78, 5) is 10.6. The van der Waals surface area contributed by atoms with E-state index in [0.29, 0.717) is 5.69 Å². The fourth-order valence-corrected chi connectivity index (χ4v) is 2.21. The fraction of sp³-hybridized carbons (Fsp3) is 0.143. The Bertz CT molecular complexity index is 799. The molecule has 0 radical (unpaired) electrons. The SMILES string of the molecule is CC(Nc1ccccc1[N+](=O)[O-])n1nnc2ccccc21. The van der Waals surface area contributed by atoms with Gasteiger partial charge in [0, 0.05) is 6.07 Å². The molecule has 1 heterocycles. The molecule has 7 nitrogen and oxygen atoms in total. The Morgan fingerprint density at radius 1 is 1.19 bits per heavy atom. The van der Waals surface area contributed by atoms with Crippen LogP contribution in [0.1, 0.15) is 13.1 Å². The third kappa shape index (κ3) is 2.40. The van der Waals surface area contributed by atoms with Gasteiger partial charge in [0.25, 0.3) is 5.69 Å². The molecule has 1 N–H and O–H groups in total. The Balaban J connectivity index is 1.93. The number of nitrogens with one attached hydrogen (secondary N) is 1. The van der Waals surface area contributed by atoms with Crippen LogP contribution in [-0.4, -0.2) is 19.9 Å². The highest BCUT2D eigenvalue weighted by Gasteiger charge is 2.16. The number of anilines is 1. The lowest BCUT2D eigenvalue weighted by molar-refractivity contribution is -0.384. The molecular formula is C14H13N5O2. The van der Waals surface area contributed by atoms with E-state index in [2.05, 4.69) is 15.6 Å². The molecule has 0 amide bonds. The molecule has 1 aromatic heterocycles. The minimum absolute atomic E-state index is 0.0359. The molecule has 21 heavy (non-hydrogen) atoms. The van der Waals surface area contributed by atoms with Crippen molar-refractivity contribution in [2.75, 3.05) is 5.32 Å². The van der Waals surface area contributed by atoms with E-state index >= 15 is 0 Å². The van der Waals surface area contributed by atoms with E-state index in [-0.39, 0.29) is 11.9 Å². The molecule has 0 saturated heterocycles. The van der Waals surface area contributed by atoms with Crippen LogP contribution in [0.3, 0.4) is 0 Å². The van der Waals surface area contributed by atoms with E-state index in [1.165, 1.54) is 6.07 Å². The van der Waals surface area contributed by atoms with Crippen molar-refractivity contribution in [3.05, 3.63) is 58.6 Å². The number of benzene rings is 2. The first-order valence-corrected chi connectivity index (χ1v) is 6.46. The van der Waals surface area contributed by atoms with Crippen molar-refractivity contribution >= 4 is 22.4 Å². The van der Waals surface area contributed by atoms with Crippen LogP contribution in [0.4, 0.5) is 11.4 Å². The highest BCUT2D eigenvalue weighted by atomic mass is 16.6. The number of rotatable bonds is 4. The summed E-state index contributed by atoms with van der Waals surface area (Å²) in [6.07, 6.45) is -0.265. The zero-order chi connectivity index (χ0) is 14.8. The molecule has 0 spiro atoms. The number of nitro benzene ring substituents is 1. The predicted molar refractivity (Wildman–Crippen MR) is 79.0 cm³/mol. The summed E-state index contributed by atoms with van der Waals surface area (Å²) in [5, 5.41) is 22.3. The maximum Gasteiger partial charge on any atom is 0.292 e. The van der Waals surface area contributed by atoms with E-state index in [1.807, 2.05) is 31.2 Å². The molecule has 0 aliphatic rings. The average Bonchev–Trinajstić information content (AvgIpc) is 2.91. The van der Waals surface area contributed by atoms with Crippen molar-refractivity contribution < 1.29 is 4.92 Å². The minimum Gasteiger partial charge on any atom is -0.358 e. The average molecular weight is 283 g/mol. The van der Waals surface area contributed by atoms with Gasteiger partial charge < -0.3 is 5.32 Å². The van der Waals surface area contributed by atoms with Crippen LogP contribution in [-0.2, 0) is 0 Å². The number of aromatic nitrogens is 3. The summed E-state index contributed by atoms with van der Waals surface area (Å²) in [5.41, 5.74) is 2.15. The smallest absolute Gasteiger partial charge is 0.292 e. The maximum absolute atomic E-state index is 11.0. The molecule has 0 aliphatic carbocycles. The molecule has 0 fully saturated rings. The first-order valence-electron chi connectivity index (χ1n) is 6.46. The normalized spacial score (nSPS) is 12.2. The number of fused-ring (bicyclic) bond motifs is 1. The highest BCUT2D eigenvalue weighted by molar-refractivity contribution is 5.74. The fourth-order valence-electron chi connectivity index (χ4n) is 2.21. The molecule has 3 aromatic rings. The van der Waals surface area contributed by atoms with Crippen LogP contribution in [0.2, 0.25) is 0 Å². The standard InChI is InChI=1S/C14H13N5O2/c1-10(15-11-6-2-5-9-14(11)19(20)21)18-13-8-4-3-7-12(13)16-17-18/h2-10,15H,1H3. The Morgan fingerprint density at radius 3 is 2.71 bits per heavy atom. The van der Waals surface area contributed by atoms with Gasteiger partial charge in [0.1, 0.15) is 17.4 Å². The Kier molecular flexibility index (Phi) is 3.23. The van der Waals surface area contributed by atoms with Gasteiger partial charge >= 0.3 is 0 Å². The number of nitro groups is 1. The largest absolute Gasteiger partial charge is 0.358 e. The van der Waals surface area contributed by atoms with Gasteiger partial charge in [-0.05, 0) is 25.1 Å². The van der Waals surface area contributed by atoms with Gasteiger partial charge in [-0.3, -0.25) is 10.1 Å². The lowest BCUT2D eigenvalue weighted by atomic mass is 10.2. The van der Waals surface area contributed by atoms with Crippen molar-refractivity contribution in [3.63, 3.8) is 0 Å². The number of hydrogen-bond donors (Lipinski definition) is 1. The number of hydrogen-bond acceptors (Lipinski definition) is 5. The first-order chi connectivity index (χ1) is 10.2. The third-order valence-corrected chi connectivity index (χ3v) is 3.21. The Labute approximate surface area is 120 Å². The first kappa shape index (κ1) is 13.0. The van der Waals surface area contributed by atoms with Gasteiger partial charge in [-0.2, -0.15) is 0 Å². The van der Waals surface area contributed by atoms with Crippen LogP contribution in [0.15, 0.2) is 48.5 Å². The summed E-state index contributed by atoms with van der Waals surface area (Å²) in [7, 11) is 0. The summed E-state index contributed by atoms with van der Waals surface area (Å²) in [6.45, 7) is 1.87. The van der Waals surface area contributed by atoms with Gasteiger partial charge in [0.05, 0.1) is 10.4 Å². The second kappa shape index (κ2) is 5.20. The molecule has 106 valence electrons. The molecule has 0 saturated carbocycles. The lowest BCUT2D eigenvalue weighted by Gasteiger charge is -2.15. The highest BCUT2D eigenvalue weighted by Crippen LogP contribution is 2.26. The van der Waals surface area contributed by atoms with Crippen molar-refractivity contribution in [2.24, 2.45) is 0 Å². The zero-order valence-corrected chi connectivity index (χ0v) is 11.3. The quantitative estimate of drug-likeness (QED) is 0.587. The predicted octanol–water partition coefficient (Wildman–Crippen LogP) is 2.97. The molecule has 2 aromatic carbocycles. The van der Waals surface area contributed by atoms with Gasteiger partial charge in [0.15, 0.2) is 0 Å². The van der Waals surface area contributed by atoms with Crippen LogP contribution in [0.5, 0.6) is 0 Å². The minimum atomic E-state index is -0.408. The van der Waals surface area contributed by atoms with Crippen molar-refractivity contribution in [2.45, 2.75) is 13.1 Å². The second-order valence-corrected chi connectivity index (χ2v) is 4.62. The van der Waals surface area contributed by atoms with Crippen molar-refractivity contribution in [3.8, 4) is 0 Å². The molecule has 7 heteroatoms. The van der Waals surface area contributed by atoms with Crippen LogP contribution in [0, 0.1) is 10.1 Å². The van der Waals surface area contributed by atoms with Gasteiger partial charge in [-0.15, -0.1) is 5.10 Å².